The molecule has 0 amide bonds. The van der Waals surface area contributed by atoms with Crippen LogP contribution >= 0.6 is 0 Å². The largest absolute Gasteiger partial charge is 0.489 e. The third-order valence-corrected chi connectivity index (χ3v) is 7.47. The Morgan fingerprint density at radius 3 is 2.33 bits per heavy atom. The first-order chi connectivity index (χ1) is 20.7. The van der Waals surface area contributed by atoms with Gasteiger partial charge in [0.15, 0.2) is 0 Å². The predicted molar refractivity (Wildman–Crippen MR) is 177 cm³/mol. The van der Waals surface area contributed by atoms with Gasteiger partial charge in [0.1, 0.15) is 24.0 Å². The molecule has 0 unspecified atom stereocenters. The summed E-state index contributed by atoms with van der Waals surface area (Å²) in [6, 6.07) is 8.51. The standard InChI is InChI=1S/C37H54O6/c1-5-6-7-8-9-10-11-12-13-14-15-16-17-18-19-20-35(38)43-34(37(3,4)40)25-21-30(2)27-28-41-32-24-22-31-23-26-36(39)42-33(31)29-32/h9-10,12-13,22-24,26-27,29,34,40H,5-8,11,14-21,25,28H2,1-4H3/b10-9?,13-12?,30-27+/t34-/m1/s1. The number of unbranched alkanes of at least 4 members (excludes halogenated alkanes) is 8. The lowest BCUT2D eigenvalue weighted by Crippen LogP contribution is -2.39. The molecule has 6 heteroatoms. The first-order valence-electron chi connectivity index (χ1n) is 16.2. The van der Waals surface area contributed by atoms with Gasteiger partial charge in [0.05, 0.1) is 5.60 Å². The second-order valence-corrected chi connectivity index (χ2v) is 12.0. The smallest absolute Gasteiger partial charge is 0.336 e. The third-order valence-electron chi connectivity index (χ3n) is 7.47. The summed E-state index contributed by atoms with van der Waals surface area (Å²) in [6.45, 7) is 7.95. The van der Waals surface area contributed by atoms with Crippen LogP contribution < -0.4 is 10.4 Å². The fraction of sp³-hybridized carbons (Fsp3) is 0.568. The fourth-order valence-electron chi connectivity index (χ4n) is 4.73. The van der Waals surface area contributed by atoms with Crippen molar-refractivity contribution < 1.29 is 23.8 Å². The molecule has 0 spiro atoms. The summed E-state index contributed by atoms with van der Waals surface area (Å²) in [6.07, 6.45) is 24.6. The molecule has 1 N–H and O–H groups in total. The summed E-state index contributed by atoms with van der Waals surface area (Å²) < 4.78 is 16.7. The van der Waals surface area contributed by atoms with E-state index in [-0.39, 0.29) is 5.97 Å². The maximum atomic E-state index is 12.5. The van der Waals surface area contributed by atoms with E-state index in [9.17, 15) is 14.7 Å². The van der Waals surface area contributed by atoms with Crippen LogP contribution in [0.15, 0.2) is 75.5 Å². The maximum Gasteiger partial charge on any atom is 0.336 e. The van der Waals surface area contributed by atoms with Crippen molar-refractivity contribution in [2.45, 2.75) is 129 Å². The van der Waals surface area contributed by atoms with Crippen molar-refractivity contribution in [2.24, 2.45) is 0 Å². The minimum atomic E-state index is -1.13. The number of hydrogen-bond donors (Lipinski definition) is 1. The Kier molecular flexibility index (Phi) is 17.4. The van der Waals surface area contributed by atoms with Gasteiger partial charge in [-0.05, 0) is 96.4 Å². The zero-order chi connectivity index (χ0) is 31.3. The van der Waals surface area contributed by atoms with Crippen LogP contribution in [0, 0.1) is 0 Å². The van der Waals surface area contributed by atoms with Gasteiger partial charge in [-0.15, -0.1) is 0 Å². The number of hydrogen-bond acceptors (Lipinski definition) is 6. The van der Waals surface area contributed by atoms with Crippen LogP contribution in [0.1, 0.15) is 118 Å². The van der Waals surface area contributed by atoms with E-state index in [1.54, 1.807) is 26.0 Å². The molecule has 0 fully saturated rings. The second-order valence-electron chi connectivity index (χ2n) is 12.0. The molecule has 0 saturated heterocycles. The molecule has 1 aromatic carbocycles. The molecule has 43 heavy (non-hydrogen) atoms. The van der Waals surface area contributed by atoms with Crippen molar-refractivity contribution in [2.75, 3.05) is 6.61 Å². The van der Waals surface area contributed by atoms with Gasteiger partial charge >= 0.3 is 11.6 Å². The quantitative estimate of drug-likeness (QED) is 0.0632. The fourth-order valence-corrected chi connectivity index (χ4v) is 4.73. The van der Waals surface area contributed by atoms with Crippen molar-refractivity contribution in [3.8, 4) is 5.75 Å². The number of fused-ring (bicyclic) bond motifs is 1. The summed E-state index contributed by atoms with van der Waals surface area (Å²) in [4.78, 5) is 24.0. The molecular formula is C37H54O6. The lowest BCUT2D eigenvalue weighted by molar-refractivity contribution is -0.162. The minimum Gasteiger partial charge on any atom is -0.489 e. The molecule has 0 aliphatic rings. The van der Waals surface area contributed by atoms with Crippen LogP contribution in [0.4, 0.5) is 0 Å². The van der Waals surface area contributed by atoms with Crippen LogP contribution in [-0.2, 0) is 9.53 Å². The van der Waals surface area contributed by atoms with E-state index in [0.29, 0.717) is 37.2 Å². The Morgan fingerprint density at radius 1 is 0.930 bits per heavy atom. The van der Waals surface area contributed by atoms with E-state index in [1.807, 2.05) is 25.1 Å². The minimum absolute atomic E-state index is 0.245. The topological polar surface area (TPSA) is 86.0 Å². The number of carbonyl (C=O) groups is 1. The average Bonchev–Trinajstić information content (AvgIpc) is 2.96. The Morgan fingerprint density at radius 2 is 1.60 bits per heavy atom. The molecule has 0 radical (unpaired) electrons. The number of ether oxygens (including phenoxy) is 2. The predicted octanol–water partition coefficient (Wildman–Crippen LogP) is 9.39. The van der Waals surface area contributed by atoms with Gasteiger partial charge in [0, 0.05) is 23.9 Å². The summed E-state index contributed by atoms with van der Waals surface area (Å²) in [5.41, 5.74) is 0.0416. The van der Waals surface area contributed by atoms with E-state index in [1.165, 1.54) is 44.6 Å². The van der Waals surface area contributed by atoms with Gasteiger partial charge < -0.3 is 19.0 Å². The number of aliphatic hydroxyl groups is 1. The van der Waals surface area contributed by atoms with E-state index in [4.69, 9.17) is 13.9 Å². The van der Waals surface area contributed by atoms with Crippen LogP contribution in [-0.4, -0.2) is 29.4 Å². The summed E-state index contributed by atoms with van der Waals surface area (Å²) in [5.74, 6) is 0.369. The van der Waals surface area contributed by atoms with Crippen LogP contribution in [0.3, 0.4) is 0 Å². The van der Waals surface area contributed by atoms with Crippen LogP contribution in [0.5, 0.6) is 5.75 Å². The van der Waals surface area contributed by atoms with E-state index < -0.39 is 17.3 Å². The van der Waals surface area contributed by atoms with Gasteiger partial charge in [-0.25, -0.2) is 4.79 Å². The van der Waals surface area contributed by atoms with Crippen molar-refractivity contribution >= 4 is 16.9 Å². The highest BCUT2D eigenvalue weighted by molar-refractivity contribution is 5.77. The number of allylic oxidation sites excluding steroid dienone is 5. The molecule has 0 bridgehead atoms. The van der Waals surface area contributed by atoms with Crippen molar-refractivity contribution in [3.05, 3.63) is 76.7 Å². The molecule has 1 heterocycles. The SMILES string of the molecule is CCCCCC=CCC=CCCCCCCCC(=O)O[C@H](CC/C(C)=C/COc1ccc2ccc(=O)oc2c1)C(C)(C)O. The molecule has 238 valence electrons. The normalized spacial score (nSPS) is 13.3. The number of carbonyl (C=O) groups excluding carboxylic acids is 1. The monoisotopic (exact) mass is 594 g/mol. The van der Waals surface area contributed by atoms with Crippen LogP contribution in [0.25, 0.3) is 11.0 Å². The Labute approximate surface area is 258 Å². The summed E-state index contributed by atoms with van der Waals surface area (Å²) in [5, 5.41) is 11.4. The van der Waals surface area contributed by atoms with Crippen molar-refractivity contribution in [3.63, 3.8) is 0 Å². The molecule has 0 aliphatic heterocycles. The molecular weight excluding hydrogens is 540 g/mol. The van der Waals surface area contributed by atoms with Crippen LogP contribution in [0.2, 0.25) is 0 Å². The maximum absolute atomic E-state index is 12.5. The zero-order valence-electron chi connectivity index (χ0n) is 26.9. The number of rotatable bonds is 22. The molecule has 2 rings (SSSR count). The van der Waals surface area contributed by atoms with Crippen molar-refractivity contribution in [1.82, 2.24) is 0 Å². The van der Waals surface area contributed by atoms with Gasteiger partial charge in [-0.1, -0.05) is 68.9 Å². The van der Waals surface area contributed by atoms with E-state index in [0.717, 1.165) is 43.1 Å². The molecule has 0 saturated carbocycles. The first kappa shape index (κ1) is 36.1. The number of benzene rings is 1. The highest BCUT2D eigenvalue weighted by atomic mass is 16.6. The highest BCUT2D eigenvalue weighted by Gasteiger charge is 2.30. The highest BCUT2D eigenvalue weighted by Crippen LogP contribution is 2.22. The molecule has 6 nitrogen and oxygen atoms in total. The zero-order valence-corrected chi connectivity index (χ0v) is 26.9. The van der Waals surface area contributed by atoms with Gasteiger partial charge in [-0.3, -0.25) is 4.79 Å². The van der Waals surface area contributed by atoms with Crippen molar-refractivity contribution in [1.29, 1.82) is 0 Å². The molecule has 1 atom stereocenters. The van der Waals surface area contributed by atoms with E-state index >= 15 is 0 Å². The Hall–Kier alpha value is -3.12. The second kappa shape index (κ2) is 20.7. The summed E-state index contributed by atoms with van der Waals surface area (Å²) >= 11 is 0. The summed E-state index contributed by atoms with van der Waals surface area (Å²) in [7, 11) is 0. The van der Waals surface area contributed by atoms with Gasteiger partial charge in [-0.2, -0.15) is 0 Å². The van der Waals surface area contributed by atoms with Gasteiger partial charge in [0.2, 0.25) is 0 Å². The lowest BCUT2D eigenvalue weighted by Gasteiger charge is -2.29. The molecule has 0 aliphatic carbocycles. The lowest BCUT2D eigenvalue weighted by atomic mass is 9.95. The van der Waals surface area contributed by atoms with Gasteiger partial charge in [0.25, 0.3) is 0 Å². The molecule has 2 aromatic rings. The molecule has 1 aromatic heterocycles. The Balaban J connectivity index is 1.60. The first-order valence-corrected chi connectivity index (χ1v) is 16.2. The number of esters is 1. The average molecular weight is 595 g/mol. The van der Waals surface area contributed by atoms with E-state index in [2.05, 4.69) is 31.2 Å². The Bertz CT molecular complexity index is 1210. The third kappa shape index (κ3) is 16.3.